The van der Waals surface area contributed by atoms with E-state index < -0.39 is 0 Å². The molecule has 2 heteroatoms. The first kappa shape index (κ1) is 12.1. The van der Waals surface area contributed by atoms with Crippen molar-refractivity contribution in [3.8, 4) is 0 Å². The highest BCUT2D eigenvalue weighted by Crippen LogP contribution is 2.22. The molecule has 15 heavy (non-hydrogen) atoms. The quantitative estimate of drug-likeness (QED) is 0.820. The number of aryl methyl sites for hydroxylation is 1. The van der Waals surface area contributed by atoms with E-state index in [0.717, 1.165) is 6.42 Å². The van der Waals surface area contributed by atoms with E-state index in [1.54, 1.807) is 0 Å². The third-order valence-electron chi connectivity index (χ3n) is 3.09. The predicted molar refractivity (Wildman–Crippen MR) is 67.2 cm³/mol. The largest absolute Gasteiger partial charge is 0.372 e. The summed E-state index contributed by atoms with van der Waals surface area (Å²) in [4.78, 5) is 2.31. The minimum absolute atomic E-state index is 0.554. The normalized spacial score (nSPS) is 12.6. The summed E-state index contributed by atoms with van der Waals surface area (Å²) < 4.78 is 0. The van der Waals surface area contributed by atoms with Crippen molar-refractivity contribution in [3.63, 3.8) is 0 Å². The second-order valence-corrected chi connectivity index (χ2v) is 4.20. The first-order valence-electron chi connectivity index (χ1n) is 5.62. The number of nitrogens with zero attached hydrogens (tertiary/aromatic N) is 1. The molecule has 0 spiro atoms. The molecule has 84 valence electrons. The van der Waals surface area contributed by atoms with Gasteiger partial charge in [0.05, 0.1) is 0 Å². The minimum atomic E-state index is 0.554. The van der Waals surface area contributed by atoms with Gasteiger partial charge in [-0.1, -0.05) is 24.6 Å². The van der Waals surface area contributed by atoms with Gasteiger partial charge < -0.3 is 10.6 Å². The van der Waals surface area contributed by atoms with Gasteiger partial charge in [0.15, 0.2) is 0 Å². The maximum Gasteiger partial charge on any atom is 0.0411 e. The van der Waals surface area contributed by atoms with E-state index in [9.17, 15) is 0 Å². The lowest BCUT2D eigenvalue weighted by molar-refractivity contribution is 0.661. The van der Waals surface area contributed by atoms with Gasteiger partial charge in [0.25, 0.3) is 0 Å². The van der Waals surface area contributed by atoms with Gasteiger partial charge >= 0.3 is 0 Å². The summed E-state index contributed by atoms with van der Waals surface area (Å²) in [6.45, 7) is 7.15. The number of rotatable bonds is 4. The highest BCUT2D eigenvalue weighted by molar-refractivity contribution is 5.55. The lowest BCUT2D eigenvalue weighted by Gasteiger charge is -2.28. The van der Waals surface area contributed by atoms with Gasteiger partial charge in [0, 0.05) is 25.3 Å². The second kappa shape index (κ2) is 5.17. The molecule has 0 aliphatic carbocycles. The Balaban J connectivity index is 3.02. The van der Waals surface area contributed by atoms with Crippen LogP contribution in [0.2, 0.25) is 0 Å². The van der Waals surface area contributed by atoms with Crippen molar-refractivity contribution < 1.29 is 0 Å². The van der Waals surface area contributed by atoms with Crippen molar-refractivity contribution >= 4 is 5.69 Å². The van der Waals surface area contributed by atoms with Gasteiger partial charge in [-0.15, -0.1) is 0 Å². The van der Waals surface area contributed by atoms with Crippen molar-refractivity contribution in [1.82, 2.24) is 0 Å². The van der Waals surface area contributed by atoms with Crippen molar-refractivity contribution in [2.45, 2.75) is 39.8 Å². The van der Waals surface area contributed by atoms with Crippen LogP contribution in [0.5, 0.6) is 0 Å². The number of hydrogen-bond acceptors (Lipinski definition) is 2. The van der Waals surface area contributed by atoms with Crippen molar-refractivity contribution in [2.75, 3.05) is 11.9 Å². The average molecular weight is 206 g/mol. The van der Waals surface area contributed by atoms with Crippen LogP contribution in [-0.4, -0.2) is 13.1 Å². The number of benzene rings is 1. The molecular weight excluding hydrogens is 184 g/mol. The molecule has 0 heterocycles. The summed E-state index contributed by atoms with van der Waals surface area (Å²) in [5.74, 6) is 0. The van der Waals surface area contributed by atoms with E-state index >= 15 is 0 Å². The van der Waals surface area contributed by atoms with Gasteiger partial charge in [-0.3, -0.25) is 0 Å². The Kier molecular flexibility index (Phi) is 4.15. The van der Waals surface area contributed by atoms with E-state index in [-0.39, 0.29) is 0 Å². The Labute approximate surface area is 93.1 Å². The van der Waals surface area contributed by atoms with Gasteiger partial charge in [-0.2, -0.15) is 0 Å². The van der Waals surface area contributed by atoms with Gasteiger partial charge in [0.1, 0.15) is 0 Å². The first-order chi connectivity index (χ1) is 7.10. The smallest absolute Gasteiger partial charge is 0.0411 e. The van der Waals surface area contributed by atoms with Crippen molar-refractivity contribution in [3.05, 3.63) is 29.3 Å². The van der Waals surface area contributed by atoms with Crippen LogP contribution in [0, 0.1) is 6.92 Å². The molecule has 1 atom stereocenters. The summed E-state index contributed by atoms with van der Waals surface area (Å²) in [5, 5.41) is 0. The van der Waals surface area contributed by atoms with Gasteiger partial charge in [-0.05, 0) is 31.9 Å². The fraction of sp³-hybridized carbons (Fsp3) is 0.538. The van der Waals surface area contributed by atoms with Crippen LogP contribution in [0.4, 0.5) is 5.69 Å². The minimum Gasteiger partial charge on any atom is -0.372 e. The fourth-order valence-electron chi connectivity index (χ4n) is 1.73. The van der Waals surface area contributed by atoms with E-state index in [4.69, 9.17) is 5.73 Å². The topological polar surface area (TPSA) is 29.3 Å². The Morgan fingerprint density at radius 1 is 1.40 bits per heavy atom. The molecule has 0 amide bonds. The molecule has 1 aromatic rings. The van der Waals surface area contributed by atoms with E-state index in [1.807, 2.05) is 0 Å². The summed E-state index contributed by atoms with van der Waals surface area (Å²) in [7, 11) is 2.14. The number of nitrogens with two attached hydrogens (primary N) is 1. The number of anilines is 1. The molecule has 2 N–H and O–H groups in total. The predicted octanol–water partition coefficient (Wildman–Crippen LogP) is 2.69. The highest BCUT2D eigenvalue weighted by Gasteiger charge is 2.11. The standard InChI is InChI=1S/C13H22N2/c1-5-11(3)15(4)13-7-6-10(2)8-12(13)9-14/h6-8,11H,5,9,14H2,1-4H3. The molecule has 0 aliphatic rings. The van der Waals surface area contributed by atoms with Crippen LogP contribution < -0.4 is 10.6 Å². The fourth-order valence-corrected chi connectivity index (χ4v) is 1.73. The van der Waals surface area contributed by atoms with Crippen molar-refractivity contribution in [1.29, 1.82) is 0 Å². The molecule has 0 saturated heterocycles. The van der Waals surface area contributed by atoms with E-state index in [2.05, 4.69) is 50.9 Å². The molecule has 1 rings (SSSR count). The van der Waals surface area contributed by atoms with Gasteiger partial charge in [0.2, 0.25) is 0 Å². The lowest BCUT2D eigenvalue weighted by Crippen LogP contribution is -2.29. The van der Waals surface area contributed by atoms with Crippen LogP contribution in [-0.2, 0) is 6.54 Å². The first-order valence-corrected chi connectivity index (χ1v) is 5.62. The molecule has 2 nitrogen and oxygen atoms in total. The molecule has 1 aromatic carbocycles. The molecule has 0 fully saturated rings. The van der Waals surface area contributed by atoms with Gasteiger partial charge in [-0.25, -0.2) is 0 Å². The Bertz CT molecular complexity index is 320. The molecule has 0 radical (unpaired) electrons. The summed E-state index contributed by atoms with van der Waals surface area (Å²) in [6, 6.07) is 7.05. The molecule has 0 bridgehead atoms. The van der Waals surface area contributed by atoms with Crippen LogP contribution >= 0.6 is 0 Å². The van der Waals surface area contributed by atoms with Crippen molar-refractivity contribution in [2.24, 2.45) is 5.73 Å². The van der Waals surface area contributed by atoms with E-state index in [1.165, 1.54) is 16.8 Å². The maximum absolute atomic E-state index is 5.77. The summed E-state index contributed by atoms with van der Waals surface area (Å²) in [5.41, 5.74) is 9.54. The molecule has 0 aromatic heterocycles. The SMILES string of the molecule is CCC(C)N(C)c1ccc(C)cc1CN. The molecule has 0 saturated carbocycles. The van der Waals surface area contributed by atoms with Crippen LogP contribution in [0.15, 0.2) is 18.2 Å². The monoisotopic (exact) mass is 206 g/mol. The number of hydrogen-bond donors (Lipinski definition) is 1. The highest BCUT2D eigenvalue weighted by atomic mass is 15.1. The maximum atomic E-state index is 5.77. The summed E-state index contributed by atoms with van der Waals surface area (Å²) >= 11 is 0. The Morgan fingerprint density at radius 2 is 2.07 bits per heavy atom. The molecular formula is C13H22N2. The van der Waals surface area contributed by atoms with Crippen LogP contribution in [0.25, 0.3) is 0 Å². The third kappa shape index (κ3) is 2.72. The lowest BCUT2D eigenvalue weighted by atomic mass is 10.1. The van der Waals surface area contributed by atoms with Crippen LogP contribution in [0.3, 0.4) is 0 Å². The zero-order valence-electron chi connectivity index (χ0n) is 10.2. The third-order valence-corrected chi connectivity index (χ3v) is 3.09. The van der Waals surface area contributed by atoms with E-state index in [0.29, 0.717) is 12.6 Å². The zero-order chi connectivity index (χ0) is 11.4. The zero-order valence-corrected chi connectivity index (χ0v) is 10.2. The average Bonchev–Trinajstić information content (AvgIpc) is 2.26. The Hall–Kier alpha value is -1.02. The molecule has 1 unspecified atom stereocenters. The second-order valence-electron chi connectivity index (χ2n) is 4.20. The Morgan fingerprint density at radius 3 is 2.60 bits per heavy atom. The molecule has 0 aliphatic heterocycles. The summed E-state index contributed by atoms with van der Waals surface area (Å²) in [6.07, 6.45) is 1.15. The van der Waals surface area contributed by atoms with Crippen LogP contribution in [0.1, 0.15) is 31.4 Å².